The van der Waals surface area contributed by atoms with Gasteiger partial charge in [0.15, 0.2) is 0 Å². The molecule has 2 fully saturated rings. The number of aldehydes is 1. The Balaban J connectivity index is 1.40. The molecule has 14 heteroatoms. The molecular formula is C29H36F5N7O2. The van der Waals surface area contributed by atoms with Crippen LogP contribution in [0, 0.1) is 17.8 Å². The van der Waals surface area contributed by atoms with E-state index in [9.17, 15) is 31.5 Å². The lowest BCUT2D eigenvalue weighted by molar-refractivity contribution is -0.148. The van der Waals surface area contributed by atoms with E-state index >= 15 is 0 Å². The first-order valence-electron chi connectivity index (χ1n) is 14.7. The van der Waals surface area contributed by atoms with Crippen molar-refractivity contribution in [3.8, 4) is 0 Å². The van der Waals surface area contributed by atoms with Gasteiger partial charge >= 0.3 is 6.18 Å². The highest BCUT2D eigenvalue weighted by atomic mass is 19.4. The van der Waals surface area contributed by atoms with Gasteiger partial charge in [0.25, 0.3) is 5.91 Å². The molecule has 2 saturated carbocycles. The average Bonchev–Trinajstić information content (AvgIpc) is 3.48. The number of alkyl halides is 5. The molecule has 0 spiro atoms. The minimum absolute atomic E-state index is 0.0660. The lowest BCUT2D eigenvalue weighted by atomic mass is 9.81. The van der Waals surface area contributed by atoms with Crippen LogP contribution in [0.1, 0.15) is 98.8 Å². The maximum atomic E-state index is 14.0. The third-order valence-electron chi connectivity index (χ3n) is 8.29. The average molecular weight is 610 g/mol. The summed E-state index contributed by atoms with van der Waals surface area (Å²) in [4.78, 5) is 34.1. The first-order chi connectivity index (χ1) is 20.3. The second kappa shape index (κ2) is 12.3. The van der Waals surface area contributed by atoms with E-state index in [1.54, 1.807) is 33.6 Å². The van der Waals surface area contributed by atoms with Crippen LogP contribution in [-0.4, -0.2) is 55.0 Å². The predicted octanol–water partition coefficient (Wildman–Crippen LogP) is 5.61. The fourth-order valence-corrected chi connectivity index (χ4v) is 5.86. The van der Waals surface area contributed by atoms with Crippen molar-refractivity contribution in [3.63, 3.8) is 0 Å². The Morgan fingerprint density at radius 1 is 1.07 bits per heavy atom. The van der Waals surface area contributed by atoms with Crippen LogP contribution in [-0.2, 0) is 4.79 Å². The summed E-state index contributed by atoms with van der Waals surface area (Å²) < 4.78 is 69.9. The summed E-state index contributed by atoms with van der Waals surface area (Å²) in [6.07, 6.45) is 1.27. The van der Waals surface area contributed by atoms with E-state index in [2.05, 4.69) is 20.7 Å². The molecule has 3 heterocycles. The first-order valence-corrected chi connectivity index (χ1v) is 14.7. The number of carbonyl (C=O) groups excluding carboxylic acids is 2. The third-order valence-corrected chi connectivity index (χ3v) is 8.29. The van der Waals surface area contributed by atoms with E-state index in [0.717, 1.165) is 12.8 Å². The molecule has 2 aliphatic carbocycles. The van der Waals surface area contributed by atoms with Crippen LogP contribution in [0.15, 0.2) is 30.7 Å². The predicted molar refractivity (Wildman–Crippen MR) is 146 cm³/mol. The standard InChI is InChI=1S/C29H36F5N7O2/c1-17(2)41-23(7-11-36-41)26(43)39-25(20-5-9-28(30,31)10-6-20)22-15-40-12-8-21(37-27(40)38-22)24(19-3-4-19)35-14-18(16-42)13-29(32,33)34/h7-8,11-12,15-20,24-25,35H,3-6,9-10,13-14H2,1-2H3,(H,39,43)/t18?,24?,25-/m0/s1. The van der Waals surface area contributed by atoms with Crippen LogP contribution in [0.5, 0.6) is 0 Å². The van der Waals surface area contributed by atoms with Crippen molar-refractivity contribution >= 4 is 18.0 Å². The van der Waals surface area contributed by atoms with E-state index in [4.69, 9.17) is 4.98 Å². The number of hydrogen-bond acceptors (Lipinski definition) is 6. The number of rotatable bonds is 12. The highest BCUT2D eigenvalue weighted by molar-refractivity contribution is 5.92. The van der Waals surface area contributed by atoms with E-state index < -0.39 is 30.5 Å². The van der Waals surface area contributed by atoms with Crippen LogP contribution in [0.25, 0.3) is 5.78 Å². The Kier molecular flexibility index (Phi) is 8.87. The number of aromatic nitrogens is 5. The van der Waals surface area contributed by atoms with E-state index in [1.165, 1.54) is 6.20 Å². The van der Waals surface area contributed by atoms with Gasteiger partial charge in [-0.3, -0.25) is 13.9 Å². The fourth-order valence-electron chi connectivity index (χ4n) is 5.86. The summed E-state index contributed by atoms with van der Waals surface area (Å²) in [5.41, 5.74) is 1.41. The molecule has 2 N–H and O–H groups in total. The zero-order valence-corrected chi connectivity index (χ0v) is 24.0. The minimum atomic E-state index is -4.44. The largest absolute Gasteiger partial charge is 0.389 e. The van der Waals surface area contributed by atoms with E-state index in [0.29, 0.717) is 29.1 Å². The molecule has 0 radical (unpaired) electrons. The van der Waals surface area contributed by atoms with E-state index in [1.807, 2.05) is 13.8 Å². The van der Waals surface area contributed by atoms with Crippen molar-refractivity contribution in [2.75, 3.05) is 6.54 Å². The summed E-state index contributed by atoms with van der Waals surface area (Å²) in [6.45, 7) is 3.66. The molecule has 2 unspecified atom stereocenters. The Hall–Kier alpha value is -3.42. The molecule has 2 aliphatic rings. The molecule has 1 amide bonds. The van der Waals surface area contributed by atoms with Crippen molar-refractivity contribution in [2.24, 2.45) is 17.8 Å². The molecule has 0 aliphatic heterocycles. The number of fused-ring (bicyclic) bond motifs is 1. The number of halogens is 5. The number of hydrogen-bond donors (Lipinski definition) is 2. The molecule has 0 saturated heterocycles. The highest BCUT2D eigenvalue weighted by Crippen LogP contribution is 2.42. The van der Waals surface area contributed by atoms with Crippen molar-refractivity contribution < 1.29 is 31.5 Å². The van der Waals surface area contributed by atoms with Gasteiger partial charge in [0.1, 0.15) is 12.0 Å². The molecule has 3 aromatic heterocycles. The van der Waals surface area contributed by atoms with Crippen LogP contribution in [0.4, 0.5) is 22.0 Å². The van der Waals surface area contributed by atoms with Crippen molar-refractivity contribution in [1.29, 1.82) is 0 Å². The normalized spacial score (nSPS) is 19.8. The number of nitrogens with one attached hydrogen (secondary N) is 2. The summed E-state index contributed by atoms with van der Waals surface area (Å²) in [6, 6.07) is 2.28. The quantitative estimate of drug-likeness (QED) is 0.204. The van der Waals surface area contributed by atoms with Gasteiger partial charge in [-0.25, -0.2) is 18.7 Å². The van der Waals surface area contributed by atoms with E-state index in [-0.39, 0.29) is 62.1 Å². The van der Waals surface area contributed by atoms with Gasteiger partial charge in [0.2, 0.25) is 11.7 Å². The molecule has 234 valence electrons. The first kappa shape index (κ1) is 31.0. The molecule has 5 rings (SSSR count). The highest BCUT2D eigenvalue weighted by Gasteiger charge is 2.40. The number of amides is 1. The van der Waals surface area contributed by atoms with Gasteiger partial charge in [-0.15, -0.1) is 0 Å². The van der Waals surface area contributed by atoms with Gasteiger partial charge in [0.05, 0.1) is 29.9 Å². The molecule has 0 aromatic carbocycles. The van der Waals surface area contributed by atoms with Gasteiger partial charge in [-0.1, -0.05) is 0 Å². The lowest BCUT2D eigenvalue weighted by Crippen LogP contribution is -2.38. The Morgan fingerprint density at radius 3 is 2.37 bits per heavy atom. The molecule has 0 bridgehead atoms. The smallest absolute Gasteiger partial charge is 0.342 e. The SMILES string of the molecule is CC(C)n1nccc1C(=O)N[C@H](c1cn2ccc(C(NCC(C=O)CC(F)(F)F)C3CC3)nc2n1)C1CCC(F)(F)CC1. The number of nitrogens with zero attached hydrogens (tertiary/aromatic N) is 5. The van der Waals surface area contributed by atoms with Gasteiger partial charge < -0.3 is 15.4 Å². The topological polar surface area (TPSA) is 106 Å². The summed E-state index contributed by atoms with van der Waals surface area (Å²) in [7, 11) is 0. The maximum Gasteiger partial charge on any atom is 0.389 e. The minimum Gasteiger partial charge on any atom is -0.342 e. The zero-order valence-electron chi connectivity index (χ0n) is 24.0. The van der Waals surface area contributed by atoms with Crippen LogP contribution < -0.4 is 10.6 Å². The molecule has 9 nitrogen and oxygen atoms in total. The van der Waals surface area contributed by atoms with Crippen LogP contribution in [0.3, 0.4) is 0 Å². The third kappa shape index (κ3) is 7.57. The van der Waals surface area contributed by atoms with Crippen LogP contribution >= 0.6 is 0 Å². The summed E-state index contributed by atoms with van der Waals surface area (Å²) >= 11 is 0. The van der Waals surface area contributed by atoms with Gasteiger partial charge in [0, 0.05) is 49.9 Å². The summed E-state index contributed by atoms with van der Waals surface area (Å²) in [5.74, 6) is -4.13. The molecule has 3 aromatic rings. The van der Waals surface area contributed by atoms with Crippen molar-refractivity contribution in [2.45, 2.75) is 89.0 Å². The number of imidazole rings is 1. The summed E-state index contributed by atoms with van der Waals surface area (Å²) in [5, 5.41) is 10.4. The lowest BCUT2D eigenvalue weighted by Gasteiger charge is -2.33. The van der Waals surface area contributed by atoms with Gasteiger partial charge in [-0.2, -0.15) is 18.3 Å². The Bertz CT molecular complexity index is 1420. The van der Waals surface area contributed by atoms with Gasteiger partial charge in [-0.05, 0) is 63.5 Å². The zero-order chi connectivity index (χ0) is 30.9. The monoisotopic (exact) mass is 609 g/mol. The Morgan fingerprint density at radius 2 is 1.74 bits per heavy atom. The van der Waals surface area contributed by atoms with Crippen LogP contribution in [0.2, 0.25) is 0 Å². The second-order valence-corrected chi connectivity index (χ2v) is 12.1. The van der Waals surface area contributed by atoms with Crippen molar-refractivity contribution in [1.82, 2.24) is 34.8 Å². The molecular weight excluding hydrogens is 573 g/mol. The molecule has 43 heavy (non-hydrogen) atoms. The second-order valence-electron chi connectivity index (χ2n) is 12.1. The maximum absolute atomic E-state index is 14.0. The molecule has 3 atom stereocenters. The van der Waals surface area contributed by atoms with Crippen molar-refractivity contribution in [3.05, 3.63) is 47.8 Å². The fraction of sp³-hybridized carbons (Fsp3) is 0.621. The number of carbonyl (C=O) groups is 2. The Labute approximate surface area is 245 Å².